The van der Waals surface area contributed by atoms with Crippen molar-refractivity contribution in [3.05, 3.63) is 30.1 Å². The van der Waals surface area contributed by atoms with Crippen molar-refractivity contribution in [1.29, 1.82) is 0 Å². The molecule has 1 aliphatic carbocycles. The van der Waals surface area contributed by atoms with Gasteiger partial charge < -0.3 is 10.6 Å². The van der Waals surface area contributed by atoms with Crippen LogP contribution in [-0.2, 0) is 4.79 Å². The normalized spacial score (nSPS) is 21.3. The molecule has 0 bridgehead atoms. The molecule has 1 spiro atoms. The Bertz CT molecular complexity index is 535. The highest BCUT2D eigenvalue weighted by molar-refractivity contribution is 5.90. The van der Waals surface area contributed by atoms with Gasteiger partial charge in [-0.2, -0.15) is 0 Å². The second-order valence-electron chi connectivity index (χ2n) is 6.73. The van der Waals surface area contributed by atoms with Gasteiger partial charge in [-0.15, -0.1) is 0 Å². The lowest BCUT2D eigenvalue weighted by molar-refractivity contribution is -0.117. The Morgan fingerprint density at radius 1 is 1.26 bits per heavy atom. The Morgan fingerprint density at radius 2 is 2.04 bits per heavy atom. The largest absolute Gasteiger partial charge is 0.324 e. The summed E-state index contributed by atoms with van der Waals surface area (Å²) in [7, 11) is 0. The van der Waals surface area contributed by atoms with E-state index in [1.54, 1.807) is 18.2 Å². The van der Waals surface area contributed by atoms with E-state index in [0.29, 0.717) is 6.42 Å². The van der Waals surface area contributed by atoms with Gasteiger partial charge in [0.1, 0.15) is 5.82 Å². The minimum Gasteiger partial charge on any atom is -0.324 e. The van der Waals surface area contributed by atoms with Gasteiger partial charge in [0.15, 0.2) is 0 Å². The number of hydrogen-bond acceptors (Lipinski definition) is 3. The molecule has 126 valence electrons. The summed E-state index contributed by atoms with van der Waals surface area (Å²) in [5, 5.41) is 6.20. The van der Waals surface area contributed by atoms with E-state index in [1.165, 1.54) is 38.2 Å². The fraction of sp³-hybridized carbons (Fsp3) is 0.611. The number of piperazine rings is 1. The fourth-order valence-electron chi connectivity index (χ4n) is 3.95. The van der Waals surface area contributed by atoms with Crippen molar-refractivity contribution in [3.63, 3.8) is 0 Å². The van der Waals surface area contributed by atoms with E-state index in [-0.39, 0.29) is 23.0 Å². The van der Waals surface area contributed by atoms with Gasteiger partial charge in [0.05, 0.1) is 5.69 Å². The molecule has 0 unspecified atom stereocenters. The van der Waals surface area contributed by atoms with Crippen molar-refractivity contribution in [1.82, 2.24) is 10.2 Å². The zero-order valence-corrected chi connectivity index (χ0v) is 13.6. The van der Waals surface area contributed by atoms with E-state index in [9.17, 15) is 9.18 Å². The van der Waals surface area contributed by atoms with Gasteiger partial charge in [0, 0.05) is 38.1 Å². The molecule has 2 fully saturated rings. The third kappa shape index (κ3) is 3.90. The van der Waals surface area contributed by atoms with Crippen molar-refractivity contribution < 1.29 is 9.18 Å². The van der Waals surface area contributed by atoms with Gasteiger partial charge in [-0.1, -0.05) is 31.4 Å². The predicted molar refractivity (Wildman–Crippen MR) is 89.9 cm³/mol. The average molecular weight is 319 g/mol. The molecular weight excluding hydrogens is 293 g/mol. The number of para-hydroxylation sites is 1. The molecule has 1 saturated carbocycles. The van der Waals surface area contributed by atoms with Crippen LogP contribution in [0.3, 0.4) is 0 Å². The molecule has 1 heterocycles. The summed E-state index contributed by atoms with van der Waals surface area (Å²) >= 11 is 0. The van der Waals surface area contributed by atoms with Crippen molar-refractivity contribution in [2.45, 2.75) is 44.1 Å². The standard InChI is InChI=1S/C18H26FN3O/c19-15-6-2-3-7-16(15)21-17(23)8-12-22-13-11-20-14-18(22)9-4-1-5-10-18/h2-3,6-7,20H,1,4-5,8-14H2,(H,21,23). The lowest BCUT2D eigenvalue weighted by atomic mass is 9.79. The minimum absolute atomic E-state index is 0.111. The number of rotatable bonds is 4. The van der Waals surface area contributed by atoms with E-state index in [2.05, 4.69) is 15.5 Å². The fourth-order valence-corrected chi connectivity index (χ4v) is 3.95. The predicted octanol–water partition coefficient (Wildman–Crippen LogP) is 2.76. The van der Waals surface area contributed by atoms with Crippen LogP contribution in [0.25, 0.3) is 0 Å². The number of amides is 1. The Hall–Kier alpha value is -1.46. The molecule has 1 aromatic carbocycles. The van der Waals surface area contributed by atoms with Crippen LogP contribution in [-0.4, -0.2) is 42.5 Å². The number of nitrogens with one attached hydrogen (secondary N) is 2. The summed E-state index contributed by atoms with van der Waals surface area (Å²) in [5.41, 5.74) is 0.500. The Balaban J connectivity index is 1.56. The lowest BCUT2D eigenvalue weighted by Crippen LogP contribution is -2.62. The molecule has 0 radical (unpaired) electrons. The first-order chi connectivity index (χ1) is 11.2. The van der Waals surface area contributed by atoms with Crippen LogP contribution in [0.5, 0.6) is 0 Å². The molecule has 5 heteroatoms. The number of nitrogens with zero attached hydrogens (tertiary/aromatic N) is 1. The smallest absolute Gasteiger partial charge is 0.225 e. The SMILES string of the molecule is O=C(CCN1CCNCC12CCCCC2)Nc1ccccc1F. The van der Waals surface area contributed by atoms with Crippen molar-refractivity contribution in [3.8, 4) is 0 Å². The first kappa shape index (κ1) is 16.4. The monoisotopic (exact) mass is 319 g/mol. The quantitative estimate of drug-likeness (QED) is 0.897. The van der Waals surface area contributed by atoms with Crippen LogP contribution >= 0.6 is 0 Å². The third-order valence-corrected chi connectivity index (χ3v) is 5.22. The van der Waals surface area contributed by atoms with E-state index in [4.69, 9.17) is 0 Å². The van der Waals surface area contributed by atoms with Crippen molar-refractivity contribution >= 4 is 11.6 Å². The van der Waals surface area contributed by atoms with Crippen LogP contribution in [0.1, 0.15) is 38.5 Å². The number of benzene rings is 1. The van der Waals surface area contributed by atoms with Gasteiger partial charge in [0.2, 0.25) is 5.91 Å². The molecule has 3 rings (SSSR count). The van der Waals surface area contributed by atoms with Gasteiger partial charge in [0.25, 0.3) is 0 Å². The zero-order valence-electron chi connectivity index (χ0n) is 13.6. The van der Waals surface area contributed by atoms with E-state index in [0.717, 1.165) is 26.2 Å². The summed E-state index contributed by atoms with van der Waals surface area (Å²) in [4.78, 5) is 14.6. The van der Waals surface area contributed by atoms with Crippen LogP contribution in [0.2, 0.25) is 0 Å². The molecule has 1 saturated heterocycles. The second-order valence-corrected chi connectivity index (χ2v) is 6.73. The summed E-state index contributed by atoms with van der Waals surface area (Å²) in [6.07, 6.45) is 6.72. The summed E-state index contributed by atoms with van der Waals surface area (Å²) in [5.74, 6) is -0.494. The Kier molecular flexibility index (Phi) is 5.28. The molecule has 1 aromatic rings. The molecule has 23 heavy (non-hydrogen) atoms. The summed E-state index contributed by atoms with van der Waals surface area (Å²) < 4.78 is 13.6. The lowest BCUT2D eigenvalue weighted by Gasteiger charge is -2.50. The Morgan fingerprint density at radius 3 is 2.83 bits per heavy atom. The number of carbonyl (C=O) groups is 1. The maximum Gasteiger partial charge on any atom is 0.225 e. The summed E-state index contributed by atoms with van der Waals surface area (Å²) in [6, 6.07) is 6.31. The highest BCUT2D eigenvalue weighted by Crippen LogP contribution is 2.34. The van der Waals surface area contributed by atoms with Crippen molar-refractivity contribution in [2.24, 2.45) is 0 Å². The zero-order chi connectivity index (χ0) is 16.1. The number of hydrogen-bond donors (Lipinski definition) is 2. The number of halogens is 1. The number of anilines is 1. The maximum absolute atomic E-state index is 13.6. The van der Waals surface area contributed by atoms with Gasteiger partial charge in [-0.3, -0.25) is 9.69 Å². The molecule has 0 aromatic heterocycles. The molecule has 4 nitrogen and oxygen atoms in total. The average Bonchev–Trinajstić information content (AvgIpc) is 2.57. The molecule has 0 atom stereocenters. The van der Waals surface area contributed by atoms with E-state index >= 15 is 0 Å². The Labute approximate surface area is 137 Å². The van der Waals surface area contributed by atoms with Crippen molar-refractivity contribution in [2.75, 3.05) is 31.5 Å². The minimum atomic E-state index is -0.383. The first-order valence-corrected chi connectivity index (χ1v) is 8.70. The molecule has 1 aliphatic heterocycles. The van der Waals surface area contributed by atoms with Gasteiger partial charge in [-0.05, 0) is 25.0 Å². The topological polar surface area (TPSA) is 44.4 Å². The molecule has 1 amide bonds. The molecule has 2 N–H and O–H groups in total. The highest BCUT2D eigenvalue weighted by Gasteiger charge is 2.39. The highest BCUT2D eigenvalue weighted by atomic mass is 19.1. The van der Waals surface area contributed by atoms with Crippen LogP contribution in [0, 0.1) is 5.82 Å². The molecule has 2 aliphatic rings. The second kappa shape index (κ2) is 7.41. The van der Waals surface area contributed by atoms with Crippen LogP contribution in [0.4, 0.5) is 10.1 Å². The number of carbonyl (C=O) groups excluding carboxylic acids is 1. The molecular formula is C18H26FN3O. The van der Waals surface area contributed by atoms with Crippen LogP contribution in [0.15, 0.2) is 24.3 Å². The summed E-state index contributed by atoms with van der Waals surface area (Å²) in [6.45, 7) is 3.76. The first-order valence-electron chi connectivity index (χ1n) is 8.70. The van der Waals surface area contributed by atoms with E-state index in [1.807, 2.05) is 0 Å². The maximum atomic E-state index is 13.6. The van der Waals surface area contributed by atoms with Gasteiger partial charge >= 0.3 is 0 Å². The van der Waals surface area contributed by atoms with E-state index < -0.39 is 0 Å². The van der Waals surface area contributed by atoms with Crippen LogP contribution < -0.4 is 10.6 Å². The third-order valence-electron chi connectivity index (χ3n) is 5.22. The van der Waals surface area contributed by atoms with Gasteiger partial charge in [-0.25, -0.2) is 4.39 Å².